The van der Waals surface area contributed by atoms with E-state index in [2.05, 4.69) is 30.8 Å². The van der Waals surface area contributed by atoms with E-state index in [0.717, 1.165) is 43.0 Å². The van der Waals surface area contributed by atoms with Crippen LogP contribution >= 0.6 is 0 Å². The van der Waals surface area contributed by atoms with Crippen molar-refractivity contribution < 1.29 is 9.18 Å². The fraction of sp³-hybridized carbons (Fsp3) is 0.273. The SMILES string of the molecule is Cc1cn2cccc2c(CN2CCC(NC(=O)c3ncn(-c4ccc(F)cc4)n3)C2)n1. The molecule has 1 aliphatic heterocycles. The van der Waals surface area contributed by atoms with E-state index in [-0.39, 0.29) is 23.6 Å². The second-order valence-electron chi connectivity index (χ2n) is 7.81. The number of rotatable bonds is 5. The fourth-order valence-electron chi connectivity index (χ4n) is 4.01. The highest BCUT2D eigenvalue weighted by Crippen LogP contribution is 2.17. The Labute approximate surface area is 178 Å². The highest BCUT2D eigenvalue weighted by molar-refractivity contribution is 5.90. The van der Waals surface area contributed by atoms with E-state index in [0.29, 0.717) is 5.69 Å². The van der Waals surface area contributed by atoms with Crippen molar-refractivity contribution in [3.8, 4) is 5.69 Å². The molecule has 0 radical (unpaired) electrons. The van der Waals surface area contributed by atoms with Crippen LogP contribution in [0.25, 0.3) is 11.2 Å². The Bertz CT molecular complexity index is 1230. The standard InChI is InChI=1S/C22H22FN7O/c1-15-11-29-9-2-3-20(29)19(25-15)13-28-10-8-17(12-28)26-22(31)21-24-14-30(27-21)18-6-4-16(23)5-7-18/h2-7,9,11,14,17H,8,10,12-13H2,1H3,(H,26,31). The van der Waals surface area contributed by atoms with Crippen molar-refractivity contribution in [3.05, 3.63) is 78.1 Å². The van der Waals surface area contributed by atoms with Gasteiger partial charge in [-0.2, -0.15) is 0 Å². The van der Waals surface area contributed by atoms with Gasteiger partial charge in [-0.25, -0.2) is 14.1 Å². The van der Waals surface area contributed by atoms with Crippen molar-refractivity contribution >= 4 is 11.4 Å². The van der Waals surface area contributed by atoms with Gasteiger partial charge in [0.25, 0.3) is 5.91 Å². The minimum Gasteiger partial charge on any atom is -0.345 e. The van der Waals surface area contributed by atoms with E-state index in [1.165, 1.54) is 23.1 Å². The first-order valence-corrected chi connectivity index (χ1v) is 10.2. The number of nitrogens with zero attached hydrogens (tertiary/aromatic N) is 6. The van der Waals surface area contributed by atoms with Crippen molar-refractivity contribution in [2.45, 2.75) is 25.9 Å². The molecule has 1 aliphatic rings. The lowest BCUT2D eigenvalue weighted by Gasteiger charge is -2.17. The van der Waals surface area contributed by atoms with E-state index in [1.807, 2.05) is 25.4 Å². The maximum atomic E-state index is 13.1. The number of halogens is 1. The lowest BCUT2D eigenvalue weighted by Crippen LogP contribution is -2.37. The zero-order valence-electron chi connectivity index (χ0n) is 17.1. The number of nitrogens with one attached hydrogen (secondary N) is 1. The average molecular weight is 419 g/mol. The predicted octanol–water partition coefficient (Wildman–Crippen LogP) is 2.37. The fourth-order valence-corrected chi connectivity index (χ4v) is 4.01. The lowest BCUT2D eigenvalue weighted by molar-refractivity contribution is 0.0927. The number of hydrogen-bond acceptors (Lipinski definition) is 5. The molecular formula is C22H22FN7O. The second kappa shape index (κ2) is 7.92. The molecule has 1 amide bonds. The number of likely N-dealkylation sites (tertiary alicyclic amines) is 1. The van der Waals surface area contributed by atoms with Crippen LogP contribution in [0.4, 0.5) is 4.39 Å². The topological polar surface area (TPSA) is 80.4 Å². The Balaban J connectivity index is 1.21. The van der Waals surface area contributed by atoms with E-state index in [9.17, 15) is 9.18 Å². The molecule has 1 unspecified atom stereocenters. The van der Waals surface area contributed by atoms with Crippen molar-refractivity contribution in [1.82, 2.24) is 34.4 Å². The number of fused-ring (bicyclic) bond motifs is 1. The minimum absolute atomic E-state index is 0.0258. The highest BCUT2D eigenvalue weighted by atomic mass is 19.1. The Kier molecular flexibility index (Phi) is 4.95. The first-order valence-electron chi connectivity index (χ1n) is 10.2. The van der Waals surface area contributed by atoms with Crippen LogP contribution in [-0.2, 0) is 6.54 Å². The summed E-state index contributed by atoms with van der Waals surface area (Å²) < 4.78 is 16.6. The normalized spacial score (nSPS) is 16.8. The van der Waals surface area contributed by atoms with Crippen LogP contribution < -0.4 is 5.32 Å². The number of benzene rings is 1. The zero-order chi connectivity index (χ0) is 21.4. The zero-order valence-corrected chi connectivity index (χ0v) is 17.1. The van der Waals surface area contributed by atoms with Gasteiger partial charge in [-0.15, -0.1) is 5.10 Å². The van der Waals surface area contributed by atoms with Crippen molar-refractivity contribution in [3.63, 3.8) is 0 Å². The Morgan fingerprint density at radius 1 is 1.26 bits per heavy atom. The van der Waals surface area contributed by atoms with Gasteiger partial charge in [-0.05, 0) is 49.7 Å². The molecule has 5 rings (SSSR count). The van der Waals surface area contributed by atoms with Crippen molar-refractivity contribution in [2.24, 2.45) is 0 Å². The Morgan fingerprint density at radius 2 is 2.10 bits per heavy atom. The summed E-state index contributed by atoms with van der Waals surface area (Å²) in [6.07, 6.45) is 6.35. The van der Waals surface area contributed by atoms with Gasteiger partial charge in [0.15, 0.2) is 0 Å². The van der Waals surface area contributed by atoms with E-state index < -0.39 is 0 Å². The Hall–Kier alpha value is -3.59. The first kappa shape index (κ1) is 19.4. The maximum absolute atomic E-state index is 13.1. The van der Waals surface area contributed by atoms with E-state index in [4.69, 9.17) is 4.98 Å². The summed E-state index contributed by atoms with van der Waals surface area (Å²) in [4.78, 5) is 23.7. The molecule has 158 valence electrons. The van der Waals surface area contributed by atoms with Gasteiger partial charge in [0, 0.05) is 38.1 Å². The summed E-state index contributed by atoms with van der Waals surface area (Å²) in [6.45, 7) is 4.35. The monoisotopic (exact) mass is 419 g/mol. The van der Waals surface area contributed by atoms with Gasteiger partial charge in [0.05, 0.1) is 22.6 Å². The second-order valence-corrected chi connectivity index (χ2v) is 7.81. The molecule has 8 nitrogen and oxygen atoms in total. The van der Waals surface area contributed by atoms with Gasteiger partial charge in [0.1, 0.15) is 12.1 Å². The van der Waals surface area contributed by atoms with Crippen LogP contribution in [-0.4, -0.2) is 54.1 Å². The number of amides is 1. The molecule has 0 saturated carbocycles. The number of aromatic nitrogens is 5. The van der Waals surface area contributed by atoms with Crippen LogP contribution in [0.2, 0.25) is 0 Å². The van der Waals surface area contributed by atoms with Crippen LogP contribution in [0, 0.1) is 12.7 Å². The van der Waals surface area contributed by atoms with E-state index >= 15 is 0 Å². The van der Waals surface area contributed by atoms with Crippen molar-refractivity contribution in [1.29, 1.82) is 0 Å². The predicted molar refractivity (Wildman–Crippen MR) is 112 cm³/mol. The summed E-state index contributed by atoms with van der Waals surface area (Å²) in [5.41, 5.74) is 3.76. The molecule has 4 heterocycles. The van der Waals surface area contributed by atoms with Crippen LogP contribution in [0.3, 0.4) is 0 Å². The van der Waals surface area contributed by atoms with E-state index in [1.54, 1.807) is 12.1 Å². The summed E-state index contributed by atoms with van der Waals surface area (Å²) in [6, 6.07) is 9.97. The number of carbonyl (C=O) groups is 1. The van der Waals surface area contributed by atoms with Crippen LogP contribution in [0.1, 0.15) is 28.4 Å². The van der Waals surface area contributed by atoms with Gasteiger partial charge in [0.2, 0.25) is 5.82 Å². The number of hydrogen-bond donors (Lipinski definition) is 1. The number of aryl methyl sites for hydroxylation is 1. The summed E-state index contributed by atoms with van der Waals surface area (Å²) in [5.74, 6) is -0.542. The van der Waals surface area contributed by atoms with Crippen molar-refractivity contribution in [2.75, 3.05) is 13.1 Å². The minimum atomic E-state index is -0.328. The van der Waals surface area contributed by atoms with Gasteiger partial charge in [-0.1, -0.05) is 0 Å². The third-order valence-electron chi connectivity index (χ3n) is 5.48. The molecule has 1 atom stereocenters. The quantitative estimate of drug-likeness (QED) is 0.537. The molecule has 0 aliphatic carbocycles. The summed E-state index contributed by atoms with van der Waals surface area (Å²) in [7, 11) is 0. The third-order valence-corrected chi connectivity index (χ3v) is 5.48. The molecule has 0 bridgehead atoms. The molecule has 1 fully saturated rings. The largest absolute Gasteiger partial charge is 0.345 e. The number of carbonyl (C=O) groups excluding carboxylic acids is 1. The van der Waals surface area contributed by atoms with Gasteiger partial charge in [-0.3, -0.25) is 14.7 Å². The maximum Gasteiger partial charge on any atom is 0.291 e. The molecular weight excluding hydrogens is 397 g/mol. The molecule has 9 heteroatoms. The highest BCUT2D eigenvalue weighted by Gasteiger charge is 2.26. The molecule has 31 heavy (non-hydrogen) atoms. The van der Waals surface area contributed by atoms with Crippen LogP contribution in [0.15, 0.2) is 55.1 Å². The van der Waals surface area contributed by atoms with Crippen LogP contribution in [0.5, 0.6) is 0 Å². The molecule has 1 N–H and O–H groups in total. The average Bonchev–Trinajstić information content (AvgIpc) is 3.49. The summed E-state index contributed by atoms with van der Waals surface area (Å²) >= 11 is 0. The molecule has 0 spiro atoms. The Morgan fingerprint density at radius 3 is 2.94 bits per heavy atom. The molecule has 4 aromatic rings. The molecule has 3 aromatic heterocycles. The third kappa shape index (κ3) is 4.04. The smallest absolute Gasteiger partial charge is 0.291 e. The molecule has 1 aromatic carbocycles. The first-order chi connectivity index (χ1) is 15.0. The summed E-state index contributed by atoms with van der Waals surface area (Å²) in [5, 5.41) is 7.25. The van der Waals surface area contributed by atoms with Gasteiger partial charge < -0.3 is 9.72 Å². The van der Waals surface area contributed by atoms with Gasteiger partial charge >= 0.3 is 0 Å². The lowest BCUT2D eigenvalue weighted by atomic mass is 10.2. The molecule has 1 saturated heterocycles.